The third kappa shape index (κ3) is 7.00. The molecule has 0 aliphatic carbocycles. The van der Waals surface area contributed by atoms with E-state index in [4.69, 9.17) is 9.47 Å². The van der Waals surface area contributed by atoms with Crippen LogP contribution in [0.1, 0.15) is 47.9 Å². The molecule has 0 saturated heterocycles. The summed E-state index contributed by atoms with van der Waals surface area (Å²) in [6.07, 6.45) is 0.402. The molecule has 0 unspecified atom stereocenters. The summed E-state index contributed by atoms with van der Waals surface area (Å²) in [5.41, 5.74) is 0.691. The molecule has 0 radical (unpaired) electrons. The predicted octanol–water partition coefficient (Wildman–Crippen LogP) is 4.00. The fourth-order valence-corrected chi connectivity index (χ4v) is 4.34. The number of nitrogens with one attached hydrogen (secondary N) is 2. The number of methoxy groups -OCH3 is 1. The Morgan fingerprint density at radius 1 is 1.16 bits per heavy atom. The van der Waals surface area contributed by atoms with Crippen molar-refractivity contribution in [3.05, 3.63) is 59.4 Å². The number of anilines is 1. The van der Waals surface area contributed by atoms with Crippen LogP contribution in [-0.4, -0.2) is 80.2 Å². The molecule has 1 aliphatic heterocycles. The number of amides is 4. The van der Waals surface area contributed by atoms with E-state index in [0.29, 0.717) is 18.0 Å². The lowest BCUT2D eigenvalue weighted by molar-refractivity contribution is 0.0110. The second kappa shape index (κ2) is 13.2. The quantitative estimate of drug-likeness (QED) is 0.611. The Balaban J connectivity index is 1.96. The van der Waals surface area contributed by atoms with Crippen molar-refractivity contribution in [1.29, 1.82) is 0 Å². The normalized spacial score (nSPS) is 20.5. The molecular formula is C28H37FN4O5. The fourth-order valence-electron chi connectivity index (χ4n) is 4.34. The van der Waals surface area contributed by atoms with Gasteiger partial charge in [0.1, 0.15) is 18.2 Å². The van der Waals surface area contributed by atoms with E-state index >= 15 is 0 Å². The van der Waals surface area contributed by atoms with Gasteiger partial charge in [0, 0.05) is 45.4 Å². The first kappa shape index (κ1) is 28.9. The highest BCUT2D eigenvalue weighted by Crippen LogP contribution is 2.27. The molecule has 1 aliphatic rings. The summed E-state index contributed by atoms with van der Waals surface area (Å²) in [5.74, 6) is -1.19. The molecular weight excluding hydrogens is 491 g/mol. The van der Waals surface area contributed by atoms with Gasteiger partial charge in [0.2, 0.25) is 0 Å². The van der Waals surface area contributed by atoms with Crippen LogP contribution >= 0.6 is 0 Å². The molecule has 9 nitrogen and oxygen atoms in total. The molecule has 0 bridgehead atoms. The molecule has 2 N–H and O–H groups in total. The highest BCUT2D eigenvalue weighted by Gasteiger charge is 2.31. The molecule has 38 heavy (non-hydrogen) atoms. The Bertz CT molecular complexity index is 1140. The van der Waals surface area contributed by atoms with Crippen molar-refractivity contribution in [3.63, 3.8) is 0 Å². The molecule has 0 spiro atoms. The third-order valence-electron chi connectivity index (χ3n) is 6.60. The van der Waals surface area contributed by atoms with Crippen molar-refractivity contribution >= 4 is 23.5 Å². The van der Waals surface area contributed by atoms with E-state index in [1.807, 2.05) is 20.8 Å². The van der Waals surface area contributed by atoms with E-state index < -0.39 is 23.9 Å². The van der Waals surface area contributed by atoms with Crippen molar-refractivity contribution in [2.24, 2.45) is 5.92 Å². The van der Waals surface area contributed by atoms with Crippen molar-refractivity contribution in [2.75, 3.05) is 45.7 Å². The molecule has 3 rings (SSSR count). The Hall–Kier alpha value is -3.66. The Kier molecular flexibility index (Phi) is 10.1. The lowest BCUT2D eigenvalue weighted by Gasteiger charge is -2.36. The van der Waals surface area contributed by atoms with Crippen LogP contribution in [0.15, 0.2) is 42.5 Å². The predicted molar refractivity (Wildman–Crippen MR) is 143 cm³/mol. The average molecular weight is 529 g/mol. The van der Waals surface area contributed by atoms with E-state index in [1.165, 1.54) is 17.0 Å². The number of ether oxygens (including phenoxy) is 2. The van der Waals surface area contributed by atoms with Gasteiger partial charge in [0.05, 0.1) is 23.3 Å². The number of carbonyl (C=O) groups excluding carboxylic acids is 3. The first-order valence-electron chi connectivity index (χ1n) is 12.8. The van der Waals surface area contributed by atoms with E-state index in [1.54, 1.807) is 49.4 Å². The molecule has 0 saturated carbocycles. The van der Waals surface area contributed by atoms with E-state index in [-0.39, 0.29) is 48.7 Å². The van der Waals surface area contributed by atoms with Gasteiger partial charge < -0.3 is 29.9 Å². The minimum absolute atomic E-state index is 0.0163. The zero-order valence-corrected chi connectivity index (χ0v) is 22.6. The summed E-state index contributed by atoms with van der Waals surface area (Å²) >= 11 is 0. The number of hydrogen-bond donors (Lipinski definition) is 2. The second-order valence-electron chi connectivity index (χ2n) is 9.63. The van der Waals surface area contributed by atoms with Gasteiger partial charge in [-0.2, -0.15) is 0 Å². The van der Waals surface area contributed by atoms with Crippen LogP contribution in [0, 0.1) is 11.7 Å². The SMILES string of the molecule is CCCNC(=O)Nc1ccc2c(c1)C(=O)N(C)C[C@@H](OC)[C@@H](C)CN(C(=O)c1ccccc1F)[C@H](C)CO2. The second-order valence-corrected chi connectivity index (χ2v) is 9.63. The molecule has 2 aromatic carbocycles. The summed E-state index contributed by atoms with van der Waals surface area (Å²) in [7, 11) is 3.22. The zero-order chi connectivity index (χ0) is 27.8. The highest BCUT2D eigenvalue weighted by atomic mass is 19.1. The Labute approximate surface area is 223 Å². The van der Waals surface area contributed by atoms with Gasteiger partial charge in [-0.1, -0.05) is 26.0 Å². The topological polar surface area (TPSA) is 100 Å². The number of halogens is 1. The van der Waals surface area contributed by atoms with Crippen molar-refractivity contribution in [3.8, 4) is 5.75 Å². The molecule has 4 amide bonds. The number of fused-ring (bicyclic) bond motifs is 1. The lowest BCUT2D eigenvalue weighted by atomic mass is 10.0. The van der Waals surface area contributed by atoms with E-state index in [2.05, 4.69) is 10.6 Å². The number of benzene rings is 2. The van der Waals surface area contributed by atoms with Gasteiger partial charge in [0.25, 0.3) is 11.8 Å². The number of urea groups is 1. The van der Waals surface area contributed by atoms with Crippen LogP contribution in [0.4, 0.5) is 14.9 Å². The Morgan fingerprint density at radius 2 is 1.89 bits per heavy atom. The molecule has 0 aromatic heterocycles. The largest absolute Gasteiger partial charge is 0.491 e. The first-order valence-corrected chi connectivity index (χ1v) is 12.8. The molecule has 206 valence electrons. The Morgan fingerprint density at radius 3 is 2.58 bits per heavy atom. The van der Waals surface area contributed by atoms with Gasteiger partial charge in [-0.05, 0) is 43.7 Å². The van der Waals surface area contributed by atoms with Crippen LogP contribution in [0.2, 0.25) is 0 Å². The van der Waals surface area contributed by atoms with Gasteiger partial charge in [0.15, 0.2) is 0 Å². The average Bonchev–Trinajstić information content (AvgIpc) is 2.91. The van der Waals surface area contributed by atoms with Crippen molar-refractivity contribution < 1.29 is 28.2 Å². The third-order valence-corrected chi connectivity index (χ3v) is 6.60. The van der Waals surface area contributed by atoms with Crippen LogP contribution in [0.3, 0.4) is 0 Å². The highest BCUT2D eigenvalue weighted by molar-refractivity contribution is 5.99. The van der Waals surface area contributed by atoms with Crippen LogP contribution < -0.4 is 15.4 Å². The summed E-state index contributed by atoms with van der Waals surface area (Å²) in [4.78, 5) is 42.2. The monoisotopic (exact) mass is 528 g/mol. The molecule has 3 atom stereocenters. The summed E-state index contributed by atoms with van der Waals surface area (Å²) in [6.45, 7) is 6.82. The van der Waals surface area contributed by atoms with Gasteiger partial charge in [-0.3, -0.25) is 9.59 Å². The van der Waals surface area contributed by atoms with Gasteiger partial charge in [-0.15, -0.1) is 0 Å². The van der Waals surface area contributed by atoms with E-state index in [0.717, 1.165) is 6.42 Å². The summed E-state index contributed by atoms with van der Waals surface area (Å²) in [5, 5.41) is 5.48. The van der Waals surface area contributed by atoms with Crippen molar-refractivity contribution in [2.45, 2.75) is 39.3 Å². The van der Waals surface area contributed by atoms with Gasteiger partial charge >= 0.3 is 6.03 Å². The molecule has 1 heterocycles. The van der Waals surface area contributed by atoms with Gasteiger partial charge in [-0.25, -0.2) is 9.18 Å². The lowest BCUT2D eigenvalue weighted by Crippen LogP contribution is -2.48. The minimum Gasteiger partial charge on any atom is -0.491 e. The zero-order valence-electron chi connectivity index (χ0n) is 22.6. The molecule has 10 heteroatoms. The van der Waals surface area contributed by atoms with E-state index in [9.17, 15) is 18.8 Å². The maximum absolute atomic E-state index is 14.5. The molecule has 2 aromatic rings. The van der Waals surface area contributed by atoms with Crippen molar-refractivity contribution in [1.82, 2.24) is 15.1 Å². The summed E-state index contributed by atoms with van der Waals surface area (Å²) in [6, 6.07) is 9.92. The number of nitrogens with zero attached hydrogens (tertiary/aromatic N) is 2. The minimum atomic E-state index is -0.591. The number of rotatable bonds is 5. The summed E-state index contributed by atoms with van der Waals surface area (Å²) < 4.78 is 26.3. The maximum atomic E-state index is 14.5. The number of hydrogen-bond acceptors (Lipinski definition) is 5. The first-order chi connectivity index (χ1) is 18.2. The standard InChI is InChI=1S/C28H37FN4O5/c1-6-13-30-28(36)31-20-11-12-24-22(14-20)26(34)32(4)16-25(37-5)18(2)15-33(19(3)17-38-24)27(35)21-9-7-8-10-23(21)29/h7-12,14,18-19,25H,6,13,15-17H2,1-5H3,(H2,30,31,36)/t18-,19+,25+/m0/s1. The van der Waals surface area contributed by atoms with Crippen LogP contribution in [-0.2, 0) is 4.74 Å². The smallest absolute Gasteiger partial charge is 0.319 e. The fraction of sp³-hybridized carbons (Fsp3) is 0.464. The maximum Gasteiger partial charge on any atom is 0.319 e. The number of carbonyl (C=O) groups is 3. The van der Waals surface area contributed by atoms with Crippen LogP contribution in [0.25, 0.3) is 0 Å². The van der Waals surface area contributed by atoms with Crippen LogP contribution in [0.5, 0.6) is 5.75 Å². The number of likely N-dealkylation sites (N-methyl/N-ethyl adjacent to an activating group) is 1. The molecule has 0 fully saturated rings.